The zero-order valence-electron chi connectivity index (χ0n) is 18.2. The van der Waals surface area contributed by atoms with Crippen LogP contribution in [0.2, 0.25) is 0 Å². The van der Waals surface area contributed by atoms with Crippen molar-refractivity contribution in [2.75, 3.05) is 0 Å². The Balaban J connectivity index is 1.36. The van der Waals surface area contributed by atoms with Gasteiger partial charge in [0.1, 0.15) is 6.04 Å². The van der Waals surface area contributed by atoms with Gasteiger partial charge in [-0.2, -0.15) is 0 Å². The first kappa shape index (κ1) is 22.5. The quantitative estimate of drug-likeness (QED) is 0.511. The normalized spacial score (nSPS) is 19.2. The predicted octanol–water partition coefficient (Wildman–Crippen LogP) is 2.31. The highest BCUT2D eigenvalue weighted by molar-refractivity contribution is 5.85. The van der Waals surface area contributed by atoms with Crippen molar-refractivity contribution in [1.29, 1.82) is 0 Å². The van der Waals surface area contributed by atoms with Crippen LogP contribution in [0.25, 0.3) is 10.9 Å². The molecule has 1 unspecified atom stereocenters. The van der Waals surface area contributed by atoms with Crippen molar-refractivity contribution < 1.29 is 14.7 Å². The van der Waals surface area contributed by atoms with Gasteiger partial charge in [0.25, 0.3) is 5.56 Å². The van der Waals surface area contributed by atoms with Crippen LogP contribution < -0.4 is 16.6 Å². The molecule has 1 fully saturated rings. The lowest BCUT2D eigenvalue weighted by Gasteiger charge is -2.29. The van der Waals surface area contributed by atoms with Crippen LogP contribution in [0.1, 0.15) is 31.2 Å². The zero-order chi connectivity index (χ0) is 23.4. The number of H-pyrrole nitrogens is 1. The van der Waals surface area contributed by atoms with Crippen molar-refractivity contribution in [3.05, 3.63) is 81.0 Å². The van der Waals surface area contributed by atoms with E-state index in [2.05, 4.69) is 10.3 Å². The molecule has 1 heterocycles. The summed E-state index contributed by atoms with van der Waals surface area (Å²) in [5, 5.41) is 12.7. The number of fused-ring (bicyclic) bond motifs is 1. The SMILES string of the molecule is O=C(NC(Cc1ccccc1)C(=O)O)C1CCC(Cn2c(=O)[nH]c3ccccc3c2=O)CC1. The molecule has 1 saturated carbocycles. The molecule has 1 atom stereocenters. The summed E-state index contributed by atoms with van der Waals surface area (Å²) in [4.78, 5) is 52.3. The molecule has 1 aromatic heterocycles. The molecule has 4 rings (SSSR count). The number of hydrogen-bond acceptors (Lipinski definition) is 4. The maximum atomic E-state index is 12.8. The molecule has 1 aliphatic carbocycles. The summed E-state index contributed by atoms with van der Waals surface area (Å²) < 4.78 is 1.24. The number of nitrogens with zero attached hydrogens (tertiary/aromatic N) is 1. The van der Waals surface area contributed by atoms with Gasteiger partial charge in [0.2, 0.25) is 5.91 Å². The molecule has 1 aliphatic rings. The Morgan fingerprint density at radius 3 is 2.36 bits per heavy atom. The second-order valence-corrected chi connectivity index (χ2v) is 8.70. The smallest absolute Gasteiger partial charge is 0.328 e. The minimum absolute atomic E-state index is 0.105. The van der Waals surface area contributed by atoms with E-state index < -0.39 is 17.7 Å². The summed E-state index contributed by atoms with van der Waals surface area (Å²) in [5.41, 5.74) is 0.635. The first-order valence-corrected chi connectivity index (χ1v) is 11.2. The molecular formula is C25H27N3O5. The van der Waals surface area contributed by atoms with Gasteiger partial charge in [-0.3, -0.25) is 14.2 Å². The molecule has 0 bridgehead atoms. The number of carboxylic acids is 1. The van der Waals surface area contributed by atoms with Gasteiger partial charge in [-0.25, -0.2) is 9.59 Å². The van der Waals surface area contributed by atoms with Crippen LogP contribution in [0.3, 0.4) is 0 Å². The molecule has 2 aromatic carbocycles. The average Bonchev–Trinajstić information content (AvgIpc) is 2.82. The Kier molecular flexibility index (Phi) is 6.72. The second kappa shape index (κ2) is 9.85. The fraction of sp³-hybridized carbons (Fsp3) is 0.360. The molecule has 3 N–H and O–H groups in total. The van der Waals surface area contributed by atoms with Crippen molar-refractivity contribution >= 4 is 22.8 Å². The Morgan fingerprint density at radius 1 is 1.00 bits per heavy atom. The lowest BCUT2D eigenvalue weighted by molar-refractivity contribution is -0.142. The van der Waals surface area contributed by atoms with E-state index in [1.54, 1.807) is 24.3 Å². The van der Waals surface area contributed by atoms with Crippen LogP contribution in [0.15, 0.2) is 64.2 Å². The largest absolute Gasteiger partial charge is 0.480 e. The Morgan fingerprint density at radius 2 is 1.67 bits per heavy atom. The number of carboxylic acid groups (broad SMARTS) is 1. The van der Waals surface area contributed by atoms with Gasteiger partial charge in [-0.15, -0.1) is 0 Å². The van der Waals surface area contributed by atoms with E-state index in [-0.39, 0.29) is 29.7 Å². The van der Waals surface area contributed by atoms with Crippen LogP contribution in [0, 0.1) is 11.8 Å². The number of aliphatic carboxylic acids is 1. The van der Waals surface area contributed by atoms with Crippen LogP contribution >= 0.6 is 0 Å². The molecule has 0 spiro atoms. The van der Waals surface area contributed by atoms with Crippen molar-refractivity contribution in [3.8, 4) is 0 Å². The predicted molar refractivity (Wildman–Crippen MR) is 124 cm³/mol. The number of hydrogen-bond donors (Lipinski definition) is 3. The number of nitrogens with one attached hydrogen (secondary N) is 2. The summed E-state index contributed by atoms with van der Waals surface area (Å²) in [5.74, 6) is -1.48. The van der Waals surface area contributed by atoms with E-state index >= 15 is 0 Å². The van der Waals surface area contributed by atoms with Gasteiger partial charge in [0, 0.05) is 18.9 Å². The maximum Gasteiger partial charge on any atom is 0.328 e. The number of aromatic nitrogens is 2. The average molecular weight is 450 g/mol. The summed E-state index contributed by atoms with van der Waals surface area (Å²) in [6.07, 6.45) is 2.79. The molecule has 0 saturated heterocycles. The third-order valence-electron chi connectivity index (χ3n) is 6.44. The third kappa shape index (κ3) is 5.22. The Bertz CT molecular complexity index is 1260. The lowest BCUT2D eigenvalue weighted by Crippen LogP contribution is -2.46. The van der Waals surface area contributed by atoms with Crippen LogP contribution in [-0.2, 0) is 22.6 Å². The van der Waals surface area contributed by atoms with Crippen molar-refractivity contribution in [2.24, 2.45) is 11.8 Å². The van der Waals surface area contributed by atoms with Crippen LogP contribution in [0.5, 0.6) is 0 Å². The molecule has 8 nitrogen and oxygen atoms in total. The highest BCUT2D eigenvalue weighted by Gasteiger charge is 2.30. The Labute approximate surface area is 190 Å². The van der Waals surface area contributed by atoms with Gasteiger partial charge in [0.15, 0.2) is 0 Å². The standard InChI is InChI=1S/C25H27N3O5/c29-22(26-21(24(31)32)14-16-6-2-1-3-7-16)18-12-10-17(11-13-18)15-28-23(30)19-8-4-5-9-20(19)27-25(28)33/h1-9,17-18,21H,10-15H2,(H,26,29)(H,27,33)(H,31,32). The lowest BCUT2D eigenvalue weighted by atomic mass is 9.81. The summed E-state index contributed by atoms with van der Waals surface area (Å²) in [7, 11) is 0. The molecule has 8 heteroatoms. The highest BCUT2D eigenvalue weighted by Crippen LogP contribution is 2.29. The first-order chi connectivity index (χ1) is 15.9. The minimum Gasteiger partial charge on any atom is -0.480 e. The number of amides is 1. The third-order valence-corrected chi connectivity index (χ3v) is 6.44. The van der Waals surface area contributed by atoms with E-state index in [4.69, 9.17) is 0 Å². The second-order valence-electron chi connectivity index (χ2n) is 8.70. The van der Waals surface area contributed by atoms with Gasteiger partial charge in [-0.1, -0.05) is 42.5 Å². The van der Waals surface area contributed by atoms with Gasteiger partial charge in [0.05, 0.1) is 10.9 Å². The Hall–Kier alpha value is -3.68. The summed E-state index contributed by atoms with van der Waals surface area (Å²) >= 11 is 0. The molecule has 1 amide bonds. The van der Waals surface area contributed by atoms with E-state index in [9.17, 15) is 24.3 Å². The van der Waals surface area contributed by atoms with E-state index in [0.717, 1.165) is 5.56 Å². The number of benzene rings is 2. The minimum atomic E-state index is -1.06. The summed E-state index contributed by atoms with van der Waals surface area (Å²) in [6.45, 7) is 0.305. The number of carbonyl (C=O) groups is 2. The molecule has 0 aliphatic heterocycles. The molecule has 0 radical (unpaired) electrons. The first-order valence-electron chi connectivity index (χ1n) is 11.2. The topological polar surface area (TPSA) is 121 Å². The van der Waals surface area contributed by atoms with Crippen LogP contribution in [-0.4, -0.2) is 32.6 Å². The van der Waals surface area contributed by atoms with Gasteiger partial charge < -0.3 is 15.4 Å². The number of aromatic amines is 1. The molecular weight excluding hydrogens is 422 g/mol. The van der Waals surface area contributed by atoms with Crippen molar-refractivity contribution in [1.82, 2.24) is 14.9 Å². The molecule has 3 aromatic rings. The van der Waals surface area contributed by atoms with Crippen LogP contribution in [0.4, 0.5) is 0 Å². The number of carbonyl (C=O) groups excluding carboxylic acids is 1. The molecule has 33 heavy (non-hydrogen) atoms. The van der Waals surface area contributed by atoms with Crippen molar-refractivity contribution in [2.45, 2.75) is 44.7 Å². The van der Waals surface area contributed by atoms with E-state index in [1.807, 2.05) is 30.3 Å². The van der Waals surface area contributed by atoms with Crippen molar-refractivity contribution in [3.63, 3.8) is 0 Å². The zero-order valence-corrected chi connectivity index (χ0v) is 18.2. The van der Waals surface area contributed by atoms with E-state index in [1.165, 1.54) is 4.57 Å². The highest BCUT2D eigenvalue weighted by atomic mass is 16.4. The summed E-state index contributed by atoms with van der Waals surface area (Å²) in [6, 6.07) is 15.2. The number of rotatable bonds is 7. The maximum absolute atomic E-state index is 12.8. The fourth-order valence-electron chi connectivity index (χ4n) is 4.57. The number of para-hydroxylation sites is 1. The molecule has 172 valence electrons. The monoisotopic (exact) mass is 449 g/mol. The van der Waals surface area contributed by atoms with Gasteiger partial charge >= 0.3 is 11.7 Å². The van der Waals surface area contributed by atoms with E-state index in [0.29, 0.717) is 43.1 Å². The fourth-order valence-corrected chi connectivity index (χ4v) is 4.57. The van der Waals surface area contributed by atoms with Gasteiger partial charge in [-0.05, 0) is 49.3 Å².